The van der Waals surface area contributed by atoms with Crippen LogP contribution in [0, 0.1) is 0 Å². The molecule has 0 amide bonds. The van der Waals surface area contributed by atoms with Crippen LogP contribution < -0.4 is 10.6 Å². The lowest BCUT2D eigenvalue weighted by Crippen LogP contribution is -2.48. The number of rotatable bonds is 6. The molecule has 5 nitrogen and oxygen atoms in total. The van der Waals surface area contributed by atoms with Gasteiger partial charge in [-0.25, -0.2) is 4.98 Å². The highest BCUT2D eigenvalue weighted by atomic mass is 32.1. The molecule has 0 aliphatic carbocycles. The summed E-state index contributed by atoms with van der Waals surface area (Å²) in [4.78, 5) is 11.7. The lowest BCUT2D eigenvalue weighted by molar-refractivity contribution is 0.206. The molecule has 1 aromatic carbocycles. The van der Waals surface area contributed by atoms with Gasteiger partial charge in [0.25, 0.3) is 0 Å². The van der Waals surface area contributed by atoms with Crippen molar-refractivity contribution in [1.82, 2.24) is 20.5 Å². The van der Waals surface area contributed by atoms with E-state index in [1.807, 2.05) is 25.2 Å². The molecule has 0 bridgehead atoms. The van der Waals surface area contributed by atoms with Crippen molar-refractivity contribution in [3.05, 3.63) is 40.7 Å². The first kappa shape index (κ1) is 18.9. The second-order valence-electron chi connectivity index (χ2n) is 6.68. The molecule has 0 spiro atoms. The van der Waals surface area contributed by atoms with Crippen LogP contribution in [0.4, 0.5) is 0 Å². The molecule has 6 heteroatoms. The van der Waals surface area contributed by atoms with E-state index in [4.69, 9.17) is 4.98 Å². The minimum Gasteiger partial charge on any atom is -0.354 e. The number of piperidine rings is 1. The van der Waals surface area contributed by atoms with Gasteiger partial charge < -0.3 is 15.5 Å². The average molecular weight is 372 g/mol. The maximum absolute atomic E-state index is 4.73. The summed E-state index contributed by atoms with van der Waals surface area (Å²) >= 11 is 1.69. The number of nitrogens with one attached hydrogen (secondary N) is 2. The summed E-state index contributed by atoms with van der Waals surface area (Å²) in [6, 6.07) is 10.8. The molecule has 0 unspecified atom stereocenters. The molecule has 1 aromatic heterocycles. The smallest absolute Gasteiger partial charge is 0.191 e. The van der Waals surface area contributed by atoms with E-state index in [1.165, 1.54) is 38.9 Å². The molecule has 0 saturated carbocycles. The summed E-state index contributed by atoms with van der Waals surface area (Å²) in [5.74, 6) is 0.871. The summed E-state index contributed by atoms with van der Waals surface area (Å²) < 4.78 is 0. The zero-order valence-electron chi connectivity index (χ0n) is 15.7. The second-order valence-corrected chi connectivity index (χ2v) is 7.62. The van der Waals surface area contributed by atoms with Gasteiger partial charge in [0.1, 0.15) is 5.01 Å². The van der Waals surface area contributed by atoms with Gasteiger partial charge in [-0.3, -0.25) is 4.99 Å². The van der Waals surface area contributed by atoms with Crippen LogP contribution in [0.3, 0.4) is 0 Å². The molecular formula is C20H29N5S. The zero-order valence-corrected chi connectivity index (χ0v) is 16.6. The lowest BCUT2D eigenvalue weighted by Gasteiger charge is -2.32. The van der Waals surface area contributed by atoms with Gasteiger partial charge in [-0.2, -0.15) is 0 Å². The Hall–Kier alpha value is -1.92. The van der Waals surface area contributed by atoms with Crippen molar-refractivity contribution in [2.24, 2.45) is 4.99 Å². The number of hydrogen-bond acceptors (Lipinski definition) is 4. The third-order valence-corrected chi connectivity index (χ3v) is 5.57. The fourth-order valence-corrected chi connectivity index (χ4v) is 4.04. The molecule has 26 heavy (non-hydrogen) atoms. The first-order chi connectivity index (χ1) is 12.8. The van der Waals surface area contributed by atoms with Gasteiger partial charge in [0.15, 0.2) is 5.96 Å². The van der Waals surface area contributed by atoms with Crippen molar-refractivity contribution in [3.63, 3.8) is 0 Å². The van der Waals surface area contributed by atoms with Crippen LogP contribution in [0.5, 0.6) is 0 Å². The number of hydrogen-bond donors (Lipinski definition) is 2. The highest BCUT2D eigenvalue weighted by Gasteiger charge is 2.19. The maximum atomic E-state index is 4.73. The molecule has 140 valence electrons. The number of likely N-dealkylation sites (tertiary alicyclic amines) is 1. The Labute approximate surface area is 160 Å². The molecule has 0 radical (unpaired) electrons. The third-order valence-electron chi connectivity index (χ3n) is 4.72. The molecule has 1 fully saturated rings. The van der Waals surface area contributed by atoms with Crippen LogP contribution in [0.15, 0.2) is 40.7 Å². The second kappa shape index (κ2) is 9.69. The van der Waals surface area contributed by atoms with E-state index >= 15 is 0 Å². The van der Waals surface area contributed by atoms with Gasteiger partial charge in [-0.05, 0) is 25.8 Å². The fourth-order valence-electron chi connectivity index (χ4n) is 3.30. The predicted octanol–water partition coefficient (Wildman–Crippen LogP) is 3.35. The van der Waals surface area contributed by atoms with Gasteiger partial charge in [-0.15, -0.1) is 11.3 Å². The average Bonchev–Trinajstić information content (AvgIpc) is 3.16. The molecule has 2 N–H and O–H groups in total. The minimum atomic E-state index is 0.505. The van der Waals surface area contributed by atoms with Crippen molar-refractivity contribution in [3.8, 4) is 11.3 Å². The Morgan fingerprint density at radius 2 is 2.04 bits per heavy atom. The highest BCUT2D eigenvalue weighted by molar-refractivity contribution is 7.09. The van der Waals surface area contributed by atoms with Crippen molar-refractivity contribution in [2.45, 2.75) is 38.8 Å². The van der Waals surface area contributed by atoms with E-state index in [1.54, 1.807) is 11.3 Å². The number of benzene rings is 1. The monoisotopic (exact) mass is 371 g/mol. The van der Waals surface area contributed by atoms with Crippen LogP contribution in [-0.2, 0) is 6.54 Å². The van der Waals surface area contributed by atoms with Crippen molar-refractivity contribution < 1.29 is 0 Å². The Balaban J connectivity index is 1.47. The number of aromatic nitrogens is 1. The van der Waals surface area contributed by atoms with Crippen LogP contribution in [0.2, 0.25) is 0 Å². The largest absolute Gasteiger partial charge is 0.354 e. The topological polar surface area (TPSA) is 52.5 Å². The van der Waals surface area contributed by atoms with Crippen LogP contribution in [-0.4, -0.2) is 48.6 Å². The number of aliphatic imine (C=N–C) groups is 1. The molecule has 2 heterocycles. The summed E-state index contributed by atoms with van der Waals surface area (Å²) in [5.41, 5.74) is 2.20. The Kier molecular flexibility index (Phi) is 7.03. The highest BCUT2D eigenvalue weighted by Crippen LogP contribution is 2.21. The summed E-state index contributed by atoms with van der Waals surface area (Å²) in [6.07, 6.45) is 3.59. The summed E-state index contributed by atoms with van der Waals surface area (Å²) in [5, 5.41) is 10.2. The Bertz CT molecular complexity index is 689. The molecule has 2 aromatic rings. The van der Waals surface area contributed by atoms with Gasteiger partial charge >= 0.3 is 0 Å². The predicted molar refractivity (Wildman–Crippen MR) is 111 cm³/mol. The molecule has 1 aliphatic rings. The minimum absolute atomic E-state index is 0.505. The lowest BCUT2D eigenvalue weighted by atomic mass is 10.1. The van der Waals surface area contributed by atoms with Crippen molar-refractivity contribution >= 4 is 17.3 Å². The van der Waals surface area contributed by atoms with Crippen molar-refractivity contribution in [1.29, 1.82) is 0 Å². The molecule has 1 aliphatic heterocycles. The van der Waals surface area contributed by atoms with E-state index in [9.17, 15) is 0 Å². The standard InChI is InChI=1S/C20H29N5S/c1-3-11-25-12-9-17(10-13-25)23-20(21-2)22-14-19-24-18(15-26-19)16-7-5-4-6-8-16/h4-8,15,17H,3,9-14H2,1-2H3,(H2,21,22,23). The quantitative estimate of drug-likeness (QED) is 0.604. The first-order valence-corrected chi connectivity index (χ1v) is 10.4. The number of guanidine groups is 1. The van der Waals surface area contributed by atoms with Crippen LogP contribution >= 0.6 is 11.3 Å². The van der Waals surface area contributed by atoms with E-state index in [2.05, 4.69) is 45.0 Å². The van der Waals surface area contributed by atoms with Crippen LogP contribution in [0.1, 0.15) is 31.2 Å². The van der Waals surface area contributed by atoms with E-state index in [0.29, 0.717) is 12.6 Å². The Morgan fingerprint density at radius 3 is 2.73 bits per heavy atom. The maximum Gasteiger partial charge on any atom is 0.191 e. The number of nitrogens with zero attached hydrogens (tertiary/aromatic N) is 3. The molecule has 1 saturated heterocycles. The zero-order chi connectivity index (χ0) is 18.2. The summed E-state index contributed by atoms with van der Waals surface area (Å²) in [6.45, 7) is 6.52. The first-order valence-electron chi connectivity index (χ1n) is 9.48. The Morgan fingerprint density at radius 1 is 1.27 bits per heavy atom. The van der Waals surface area contributed by atoms with Gasteiger partial charge in [0.05, 0.1) is 12.2 Å². The third kappa shape index (κ3) is 5.29. The molecule has 3 rings (SSSR count). The van der Waals surface area contributed by atoms with E-state index < -0.39 is 0 Å². The molecule has 0 atom stereocenters. The summed E-state index contributed by atoms with van der Waals surface area (Å²) in [7, 11) is 1.83. The van der Waals surface area contributed by atoms with E-state index in [-0.39, 0.29) is 0 Å². The SMILES string of the molecule is CCCN1CCC(NC(=NC)NCc2nc(-c3ccccc3)cs2)CC1. The van der Waals surface area contributed by atoms with Gasteiger partial charge in [-0.1, -0.05) is 37.3 Å². The van der Waals surface area contributed by atoms with Gasteiger partial charge in [0.2, 0.25) is 0 Å². The van der Waals surface area contributed by atoms with E-state index in [0.717, 1.165) is 22.2 Å². The van der Waals surface area contributed by atoms with Crippen molar-refractivity contribution in [2.75, 3.05) is 26.7 Å². The van der Waals surface area contributed by atoms with Gasteiger partial charge in [0, 0.05) is 37.1 Å². The molecular weight excluding hydrogens is 342 g/mol. The number of thiazole rings is 1. The normalized spacial score (nSPS) is 16.6. The fraction of sp³-hybridized carbons (Fsp3) is 0.500. The van der Waals surface area contributed by atoms with Crippen LogP contribution in [0.25, 0.3) is 11.3 Å².